The predicted molar refractivity (Wildman–Crippen MR) is 109 cm³/mol. The first-order valence-corrected chi connectivity index (χ1v) is 11.3. The third-order valence-electron chi connectivity index (χ3n) is 6.86. The average Bonchev–Trinajstić information content (AvgIpc) is 3.22. The molecule has 0 aromatic heterocycles. The number of nitrogens with zero attached hydrogens (tertiary/aromatic N) is 1. The molecular formula is C22H41NO5. The Morgan fingerprint density at radius 2 is 1.61 bits per heavy atom. The van der Waals surface area contributed by atoms with E-state index in [0.29, 0.717) is 30.0 Å². The molecule has 0 aromatic rings. The molecule has 0 radical (unpaired) electrons. The minimum Gasteiger partial charge on any atom is -0.381 e. The normalized spacial score (nSPS) is 37.4. The van der Waals surface area contributed by atoms with Gasteiger partial charge in [0.15, 0.2) is 0 Å². The van der Waals surface area contributed by atoms with Crippen LogP contribution in [0, 0.1) is 17.8 Å². The number of likely N-dealkylation sites (N-methyl/N-ethyl adjacent to an activating group) is 1. The van der Waals surface area contributed by atoms with E-state index in [1.807, 2.05) is 7.11 Å². The summed E-state index contributed by atoms with van der Waals surface area (Å²) in [6.45, 7) is 12.6. The fourth-order valence-corrected chi connectivity index (χ4v) is 4.88. The molecular weight excluding hydrogens is 358 g/mol. The summed E-state index contributed by atoms with van der Waals surface area (Å²) in [4.78, 5) is 2.48. The van der Waals surface area contributed by atoms with E-state index >= 15 is 0 Å². The van der Waals surface area contributed by atoms with Crippen molar-refractivity contribution in [3.8, 4) is 0 Å². The molecule has 6 heteroatoms. The highest BCUT2D eigenvalue weighted by Crippen LogP contribution is 2.26. The zero-order valence-corrected chi connectivity index (χ0v) is 18.1. The Balaban J connectivity index is 1.34. The highest BCUT2D eigenvalue weighted by molar-refractivity contribution is 4.82. The molecule has 0 saturated carbocycles. The molecule has 0 spiro atoms. The van der Waals surface area contributed by atoms with Crippen molar-refractivity contribution in [3.05, 3.63) is 0 Å². The Kier molecular flexibility index (Phi) is 9.47. The van der Waals surface area contributed by atoms with Crippen molar-refractivity contribution in [1.29, 1.82) is 0 Å². The summed E-state index contributed by atoms with van der Waals surface area (Å²) in [5.41, 5.74) is 0. The van der Waals surface area contributed by atoms with Crippen molar-refractivity contribution in [2.75, 3.05) is 66.4 Å². The summed E-state index contributed by atoms with van der Waals surface area (Å²) in [5, 5.41) is 0. The van der Waals surface area contributed by atoms with Gasteiger partial charge in [-0.15, -0.1) is 0 Å². The lowest BCUT2D eigenvalue weighted by atomic mass is 9.94. The van der Waals surface area contributed by atoms with Gasteiger partial charge in [0.1, 0.15) is 0 Å². The van der Waals surface area contributed by atoms with Crippen LogP contribution in [-0.2, 0) is 23.7 Å². The standard InChI is InChI=1S/C22H41NO5/c1-4-23-13-17(2)21(14-23)27-12-7-19-15-26-16-22(19)28-11-6-18-5-9-25-10-8-20(18)24-3/h17-22H,4-16H2,1-3H3/t17?,18-,19+,20-,21-,22-/m0/s1. The van der Waals surface area contributed by atoms with E-state index < -0.39 is 0 Å². The number of likely N-dealkylation sites (tertiary alicyclic amines) is 1. The van der Waals surface area contributed by atoms with Gasteiger partial charge in [-0.1, -0.05) is 13.8 Å². The molecule has 6 atom stereocenters. The van der Waals surface area contributed by atoms with Crippen LogP contribution >= 0.6 is 0 Å². The minimum atomic E-state index is 0.208. The van der Waals surface area contributed by atoms with Gasteiger partial charge in [-0.05, 0) is 44.1 Å². The number of hydrogen-bond acceptors (Lipinski definition) is 6. The van der Waals surface area contributed by atoms with E-state index in [2.05, 4.69) is 18.7 Å². The molecule has 3 saturated heterocycles. The van der Waals surface area contributed by atoms with E-state index in [-0.39, 0.29) is 6.10 Å². The number of hydrogen-bond donors (Lipinski definition) is 0. The van der Waals surface area contributed by atoms with Crippen molar-refractivity contribution in [2.24, 2.45) is 17.8 Å². The Morgan fingerprint density at radius 3 is 2.36 bits per heavy atom. The highest BCUT2D eigenvalue weighted by atomic mass is 16.5. The number of rotatable bonds is 10. The van der Waals surface area contributed by atoms with Crippen LogP contribution in [0.4, 0.5) is 0 Å². The number of methoxy groups -OCH3 is 1. The maximum absolute atomic E-state index is 6.24. The Hall–Kier alpha value is -0.240. The molecule has 0 N–H and O–H groups in total. The summed E-state index contributed by atoms with van der Waals surface area (Å²) in [5.74, 6) is 1.61. The molecule has 3 heterocycles. The summed E-state index contributed by atoms with van der Waals surface area (Å²) < 4.78 is 29.5. The molecule has 28 heavy (non-hydrogen) atoms. The summed E-state index contributed by atoms with van der Waals surface area (Å²) >= 11 is 0. The van der Waals surface area contributed by atoms with E-state index in [1.54, 1.807) is 0 Å². The average molecular weight is 400 g/mol. The van der Waals surface area contributed by atoms with Gasteiger partial charge in [0.2, 0.25) is 0 Å². The predicted octanol–water partition coefficient (Wildman–Crippen LogP) is 2.60. The zero-order chi connectivity index (χ0) is 19.8. The zero-order valence-electron chi connectivity index (χ0n) is 18.1. The van der Waals surface area contributed by atoms with Gasteiger partial charge >= 0.3 is 0 Å². The van der Waals surface area contributed by atoms with Crippen molar-refractivity contribution >= 4 is 0 Å². The van der Waals surface area contributed by atoms with Crippen molar-refractivity contribution in [1.82, 2.24) is 4.90 Å². The maximum Gasteiger partial charge on any atom is 0.0859 e. The highest BCUT2D eigenvalue weighted by Gasteiger charge is 2.32. The maximum atomic E-state index is 6.24. The first kappa shape index (κ1) is 22.4. The van der Waals surface area contributed by atoms with Crippen LogP contribution in [0.2, 0.25) is 0 Å². The lowest BCUT2D eigenvalue weighted by molar-refractivity contribution is -0.0148. The van der Waals surface area contributed by atoms with Crippen molar-refractivity contribution in [3.63, 3.8) is 0 Å². The van der Waals surface area contributed by atoms with Crippen molar-refractivity contribution < 1.29 is 23.7 Å². The second kappa shape index (κ2) is 11.8. The van der Waals surface area contributed by atoms with Crippen LogP contribution in [-0.4, -0.2) is 89.6 Å². The monoisotopic (exact) mass is 399 g/mol. The molecule has 1 unspecified atom stereocenters. The lowest BCUT2D eigenvalue weighted by Gasteiger charge is -2.25. The Morgan fingerprint density at radius 1 is 0.857 bits per heavy atom. The van der Waals surface area contributed by atoms with Crippen LogP contribution in [0.15, 0.2) is 0 Å². The first-order chi connectivity index (χ1) is 13.7. The van der Waals surface area contributed by atoms with E-state index in [4.69, 9.17) is 23.7 Å². The van der Waals surface area contributed by atoms with E-state index in [1.165, 1.54) is 0 Å². The van der Waals surface area contributed by atoms with Crippen LogP contribution in [0.5, 0.6) is 0 Å². The van der Waals surface area contributed by atoms with Gasteiger partial charge in [-0.25, -0.2) is 0 Å². The smallest absolute Gasteiger partial charge is 0.0859 e. The fourth-order valence-electron chi connectivity index (χ4n) is 4.88. The third-order valence-corrected chi connectivity index (χ3v) is 6.86. The molecule has 3 aliphatic rings. The topological polar surface area (TPSA) is 49.4 Å². The van der Waals surface area contributed by atoms with Gasteiger partial charge < -0.3 is 28.6 Å². The minimum absolute atomic E-state index is 0.208. The Bertz CT molecular complexity index is 437. The van der Waals surface area contributed by atoms with Crippen LogP contribution in [0.25, 0.3) is 0 Å². The quantitative estimate of drug-likeness (QED) is 0.563. The largest absolute Gasteiger partial charge is 0.381 e. The SMILES string of the molecule is CCN1CC(C)[C@@H](OCC[C@@H]2COC[C@@H]2OCC[C@@H]2CCOCC[C@@H]2OC)C1. The third kappa shape index (κ3) is 6.38. The molecule has 0 aromatic carbocycles. The fraction of sp³-hybridized carbons (Fsp3) is 1.00. The van der Waals surface area contributed by atoms with Gasteiger partial charge in [0.25, 0.3) is 0 Å². The second-order valence-corrected chi connectivity index (χ2v) is 8.75. The summed E-state index contributed by atoms with van der Waals surface area (Å²) in [6.07, 6.45) is 5.00. The molecule has 3 rings (SSSR count). The van der Waals surface area contributed by atoms with Crippen molar-refractivity contribution in [2.45, 2.75) is 57.8 Å². The molecule has 3 fully saturated rings. The van der Waals surface area contributed by atoms with Crippen LogP contribution < -0.4 is 0 Å². The molecule has 6 nitrogen and oxygen atoms in total. The van der Waals surface area contributed by atoms with Gasteiger partial charge in [-0.3, -0.25) is 0 Å². The Labute approximate surface area is 171 Å². The summed E-state index contributed by atoms with van der Waals surface area (Å²) in [6, 6.07) is 0. The van der Waals surface area contributed by atoms with Gasteiger partial charge in [0.05, 0.1) is 31.5 Å². The molecule has 164 valence electrons. The molecule has 0 amide bonds. The number of ether oxygens (including phenoxy) is 5. The second-order valence-electron chi connectivity index (χ2n) is 8.75. The van der Waals surface area contributed by atoms with Gasteiger partial charge in [-0.2, -0.15) is 0 Å². The lowest BCUT2D eigenvalue weighted by Crippen LogP contribution is -2.29. The van der Waals surface area contributed by atoms with Gasteiger partial charge in [0, 0.05) is 52.5 Å². The first-order valence-electron chi connectivity index (χ1n) is 11.3. The molecule has 0 aliphatic carbocycles. The van der Waals surface area contributed by atoms with Crippen LogP contribution in [0.3, 0.4) is 0 Å². The summed E-state index contributed by atoms with van der Waals surface area (Å²) in [7, 11) is 1.82. The van der Waals surface area contributed by atoms with Crippen LogP contribution in [0.1, 0.15) is 39.5 Å². The van der Waals surface area contributed by atoms with E-state index in [9.17, 15) is 0 Å². The molecule has 0 bridgehead atoms. The molecule has 3 aliphatic heterocycles. The van der Waals surface area contributed by atoms with E-state index in [0.717, 1.165) is 85.0 Å².